The third-order valence-corrected chi connectivity index (χ3v) is 3.82. The molecule has 0 aliphatic heterocycles. The molecule has 0 fully saturated rings. The van der Waals surface area contributed by atoms with E-state index >= 15 is 0 Å². The van der Waals surface area contributed by atoms with E-state index in [9.17, 15) is 4.79 Å². The summed E-state index contributed by atoms with van der Waals surface area (Å²) in [7, 11) is 0. The summed E-state index contributed by atoms with van der Waals surface area (Å²) in [6.07, 6.45) is 3.23. The van der Waals surface area contributed by atoms with Crippen LogP contribution in [0.1, 0.15) is 16.1 Å². The molecule has 7 heteroatoms. The van der Waals surface area contributed by atoms with E-state index in [2.05, 4.69) is 30.7 Å². The summed E-state index contributed by atoms with van der Waals surface area (Å²) in [6, 6.07) is 11.2. The van der Waals surface area contributed by atoms with Crippen LogP contribution in [0, 0.1) is 6.92 Å². The number of carbonyl (C=O) groups is 1. The van der Waals surface area contributed by atoms with Gasteiger partial charge < -0.3 is 5.32 Å². The molecule has 3 heterocycles. The van der Waals surface area contributed by atoms with Crippen molar-refractivity contribution in [3.8, 4) is 11.3 Å². The number of nitrogens with zero attached hydrogens (tertiary/aromatic N) is 3. The van der Waals surface area contributed by atoms with Gasteiger partial charge in [-0.25, -0.2) is 4.98 Å². The minimum absolute atomic E-state index is 0.209. The molecule has 0 atom stereocenters. The van der Waals surface area contributed by atoms with Crippen molar-refractivity contribution >= 4 is 22.6 Å². The number of hydrogen-bond acceptors (Lipinski definition) is 4. The van der Waals surface area contributed by atoms with E-state index in [1.165, 1.54) is 6.20 Å². The number of rotatable bonds is 3. The number of hydrogen-bond donors (Lipinski definition) is 3. The zero-order valence-electron chi connectivity index (χ0n) is 12.9. The van der Waals surface area contributed by atoms with Crippen molar-refractivity contribution in [1.29, 1.82) is 0 Å². The molecular weight excluding hydrogens is 304 g/mol. The van der Waals surface area contributed by atoms with Crippen molar-refractivity contribution in [1.82, 2.24) is 25.4 Å². The summed E-state index contributed by atoms with van der Waals surface area (Å²) < 4.78 is 0. The average molecular weight is 318 g/mol. The Hall–Kier alpha value is -3.48. The maximum Gasteiger partial charge on any atom is 0.257 e. The van der Waals surface area contributed by atoms with E-state index in [0.29, 0.717) is 16.9 Å². The van der Waals surface area contributed by atoms with Crippen LogP contribution in [0.4, 0.5) is 5.69 Å². The first-order valence-corrected chi connectivity index (χ1v) is 7.42. The minimum Gasteiger partial charge on any atom is -0.322 e. The molecule has 3 aromatic heterocycles. The highest BCUT2D eigenvalue weighted by Gasteiger charge is 2.10. The van der Waals surface area contributed by atoms with Crippen LogP contribution in [0.2, 0.25) is 0 Å². The molecule has 7 nitrogen and oxygen atoms in total. The van der Waals surface area contributed by atoms with Gasteiger partial charge in [0, 0.05) is 29.2 Å². The van der Waals surface area contributed by atoms with Crippen LogP contribution in [-0.2, 0) is 0 Å². The topological polar surface area (TPSA) is 99.3 Å². The summed E-state index contributed by atoms with van der Waals surface area (Å²) in [6.45, 7) is 1.90. The van der Waals surface area contributed by atoms with Gasteiger partial charge in [0.25, 0.3) is 5.91 Å². The Bertz CT molecular complexity index is 1000. The highest BCUT2D eigenvalue weighted by molar-refractivity contribution is 6.05. The highest BCUT2D eigenvalue weighted by atomic mass is 16.1. The number of aryl methyl sites for hydroxylation is 1. The van der Waals surface area contributed by atoms with Crippen LogP contribution in [0.3, 0.4) is 0 Å². The Labute approximate surface area is 137 Å². The molecule has 1 amide bonds. The molecular formula is C17H14N6O. The van der Waals surface area contributed by atoms with Gasteiger partial charge in [-0.1, -0.05) is 12.1 Å². The Morgan fingerprint density at radius 2 is 1.96 bits per heavy atom. The van der Waals surface area contributed by atoms with Gasteiger partial charge in [-0.3, -0.25) is 15.0 Å². The second-order valence-corrected chi connectivity index (χ2v) is 5.45. The fourth-order valence-corrected chi connectivity index (χ4v) is 2.50. The molecule has 0 saturated heterocycles. The Balaban J connectivity index is 1.55. The molecule has 1 aromatic carbocycles. The molecule has 4 aromatic rings. The molecule has 0 unspecified atom stereocenters. The Kier molecular flexibility index (Phi) is 3.31. The maximum absolute atomic E-state index is 12.4. The van der Waals surface area contributed by atoms with Crippen molar-refractivity contribution in [3.05, 3.63) is 60.0 Å². The number of nitrogens with one attached hydrogen (secondary N) is 3. The van der Waals surface area contributed by atoms with Crippen LogP contribution < -0.4 is 5.32 Å². The number of amides is 1. The Morgan fingerprint density at radius 3 is 2.71 bits per heavy atom. The summed E-state index contributed by atoms with van der Waals surface area (Å²) in [5, 5.41) is 17.5. The molecule has 0 aliphatic carbocycles. The number of anilines is 1. The average Bonchev–Trinajstić information content (AvgIpc) is 3.26. The first kappa shape index (κ1) is 14.1. The van der Waals surface area contributed by atoms with Gasteiger partial charge in [0.1, 0.15) is 0 Å². The molecule has 4 rings (SSSR count). The second kappa shape index (κ2) is 5.62. The molecule has 0 saturated carbocycles. The Morgan fingerprint density at radius 1 is 1.12 bits per heavy atom. The first-order chi connectivity index (χ1) is 11.7. The lowest BCUT2D eigenvalue weighted by molar-refractivity contribution is 0.102. The van der Waals surface area contributed by atoms with Crippen LogP contribution in [0.25, 0.3) is 22.3 Å². The monoisotopic (exact) mass is 318 g/mol. The van der Waals surface area contributed by atoms with E-state index in [4.69, 9.17) is 0 Å². The van der Waals surface area contributed by atoms with Crippen LogP contribution in [0.15, 0.2) is 48.8 Å². The van der Waals surface area contributed by atoms with Gasteiger partial charge in [-0.2, -0.15) is 10.2 Å². The number of aromatic nitrogens is 5. The van der Waals surface area contributed by atoms with Crippen molar-refractivity contribution in [2.75, 3.05) is 5.32 Å². The molecule has 24 heavy (non-hydrogen) atoms. The number of carbonyl (C=O) groups excluding carboxylic acids is 1. The van der Waals surface area contributed by atoms with E-state index in [-0.39, 0.29) is 5.91 Å². The molecule has 118 valence electrons. The number of pyridine rings is 1. The van der Waals surface area contributed by atoms with Gasteiger partial charge in [0.15, 0.2) is 5.65 Å². The number of H-pyrrole nitrogens is 2. The van der Waals surface area contributed by atoms with E-state index in [0.717, 1.165) is 22.3 Å². The zero-order valence-corrected chi connectivity index (χ0v) is 12.9. The molecule has 0 radical (unpaired) electrons. The van der Waals surface area contributed by atoms with Gasteiger partial charge in [-0.15, -0.1) is 0 Å². The molecule has 0 spiro atoms. The van der Waals surface area contributed by atoms with Gasteiger partial charge >= 0.3 is 0 Å². The number of fused-ring (bicyclic) bond motifs is 1. The predicted molar refractivity (Wildman–Crippen MR) is 90.6 cm³/mol. The third kappa shape index (κ3) is 2.52. The van der Waals surface area contributed by atoms with Crippen molar-refractivity contribution in [3.63, 3.8) is 0 Å². The van der Waals surface area contributed by atoms with Gasteiger partial charge in [0.05, 0.1) is 11.3 Å². The summed E-state index contributed by atoms with van der Waals surface area (Å²) in [4.78, 5) is 16.6. The van der Waals surface area contributed by atoms with Crippen molar-refractivity contribution < 1.29 is 4.79 Å². The smallest absolute Gasteiger partial charge is 0.257 e. The lowest BCUT2D eigenvalue weighted by Gasteiger charge is -2.06. The fraction of sp³-hybridized carbons (Fsp3) is 0.0588. The predicted octanol–water partition coefficient (Wildman–Crippen LogP) is 2.91. The largest absolute Gasteiger partial charge is 0.322 e. The van der Waals surface area contributed by atoms with Crippen LogP contribution >= 0.6 is 0 Å². The minimum atomic E-state index is -0.209. The van der Waals surface area contributed by atoms with E-state index in [1.807, 2.05) is 37.3 Å². The van der Waals surface area contributed by atoms with Crippen LogP contribution in [-0.4, -0.2) is 31.3 Å². The molecule has 3 N–H and O–H groups in total. The lowest BCUT2D eigenvalue weighted by atomic mass is 10.1. The molecule has 0 aliphatic rings. The summed E-state index contributed by atoms with van der Waals surface area (Å²) in [5.74, 6) is -0.209. The number of aromatic amines is 2. The normalized spacial score (nSPS) is 10.9. The van der Waals surface area contributed by atoms with Gasteiger partial charge in [0.2, 0.25) is 0 Å². The second-order valence-electron chi connectivity index (χ2n) is 5.45. The van der Waals surface area contributed by atoms with E-state index in [1.54, 1.807) is 12.3 Å². The zero-order chi connectivity index (χ0) is 16.5. The quantitative estimate of drug-likeness (QED) is 0.541. The lowest BCUT2D eigenvalue weighted by Crippen LogP contribution is -2.12. The van der Waals surface area contributed by atoms with Crippen LogP contribution in [0.5, 0.6) is 0 Å². The SMILES string of the molecule is Cc1[nH]nc2ncc(C(=O)Nc3ccc(-c4ccn[nH]4)cc3)cc12. The van der Waals surface area contributed by atoms with Gasteiger partial charge in [-0.05, 0) is 36.8 Å². The van der Waals surface area contributed by atoms with Crippen molar-refractivity contribution in [2.45, 2.75) is 6.92 Å². The summed E-state index contributed by atoms with van der Waals surface area (Å²) in [5.41, 5.74) is 4.63. The standard InChI is InChI=1S/C17H14N6O/c1-10-14-8-12(9-18-16(14)23-21-10)17(24)20-13-4-2-11(3-5-13)15-6-7-19-22-15/h2-9H,1H3,(H,19,22)(H,20,24)(H,18,21,23). The third-order valence-electron chi connectivity index (χ3n) is 3.82. The first-order valence-electron chi connectivity index (χ1n) is 7.42. The fourth-order valence-electron chi connectivity index (χ4n) is 2.50. The molecule has 0 bridgehead atoms. The summed E-state index contributed by atoms with van der Waals surface area (Å²) >= 11 is 0. The van der Waals surface area contributed by atoms with E-state index < -0.39 is 0 Å². The maximum atomic E-state index is 12.4. The highest BCUT2D eigenvalue weighted by Crippen LogP contribution is 2.20. The van der Waals surface area contributed by atoms with Crippen molar-refractivity contribution in [2.24, 2.45) is 0 Å². The number of benzene rings is 1.